The zero-order chi connectivity index (χ0) is 15.9. The van der Waals surface area contributed by atoms with Crippen LogP contribution in [0.5, 0.6) is 0 Å². The van der Waals surface area contributed by atoms with Gasteiger partial charge in [-0.25, -0.2) is 0 Å². The number of aliphatic hydroxyl groups excluding tert-OH is 1. The van der Waals surface area contributed by atoms with E-state index in [4.69, 9.17) is 4.99 Å². The molecule has 1 saturated heterocycles. The number of hydrogen-bond donors (Lipinski definition) is 2. The largest absolute Gasteiger partial charge is 0.393 e. The molecule has 0 bridgehead atoms. The van der Waals surface area contributed by atoms with Crippen LogP contribution in [-0.4, -0.2) is 72.3 Å². The van der Waals surface area contributed by atoms with Gasteiger partial charge in [0.05, 0.1) is 6.10 Å². The predicted octanol–water partition coefficient (Wildman–Crippen LogP) is 1.53. The standard InChI is InChI=1S/C17H34N4O/c1-4-18-17(19-12-14-8-7-9-16(14)22)21-11-10-15(13-21)20(5-2)6-3/h14-16,22H,4-13H2,1-3H3,(H,18,19). The van der Waals surface area contributed by atoms with E-state index in [1.165, 1.54) is 6.42 Å². The minimum Gasteiger partial charge on any atom is -0.393 e. The molecule has 1 saturated carbocycles. The Kier molecular flexibility index (Phi) is 6.96. The second-order valence-electron chi connectivity index (χ2n) is 6.56. The van der Waals surface area contributed by atoms with E-state index in [0.717, 1.165) is 64.5 Å². The third-order valence-corrected chi connectivity index (χ3v) is 5.22. The van der Waals surface area contributed by atoms with Crippen molar-refractivity contribution < 1.29 is 5.11 Å². The molecule has 0 aromatic heterocycles. The summed E-state index contributed by atoms with van der Waals surface area (Å²) in [5.41, 5.74) is 0. The van der Waals surface area contributed by atoms with Gasteiger partial charge in [0.25, 0.3) is 0 Å². The Morgan fingerprint density at radius 3 is 2.59 bits per heavy atom. The Morgan fingerprint density at radius 1 is 1.23 bits per heavy atom. The molecule has 2 fully saturated rings. The van der Waals surface area contributed by atoms with Gasteiger partial charge >= 0.3 is 0 Å². The molecule has 3 unspecified atom stereocenters. The van der Waals surface area contributed by atoms with Gasteiger partial charge in [0.2, 0.25) is 0 Å². The lowest BCUT2D eigenvalue weighted by atomic mass is 10.1. The van der Waals surface area contributed by atoms with E-state index in [0.29, 0.717) is 12.0 Å². The molecule has 1 aliphatic heterocycles. The number of aliphatic imine (C=N–C) groups is 1. The first kappa shape index (κ1) is 17.5. The Labute approximate surface area is 135 Å². The smallest absolute Gasteiger partial charge is 0.193 e. The highest BCUT2D eigenvalue weighted by atomic mass is 16.3. The monoisotopic (exact) mass is 310 g/mol. The molecule has 0 aromatic rings. The van der Waals surface area contributed by atoms with Gasteiger partial charge < -0.3 is 15.3 Å². The Hall–Kier alpha value is -0.810. The molecule has 3 atom stereocenters. The normalized spacial score (nSPS) is 29.6. The van der Waals surface area contributed by atoms with E-state index >= 15 is 0 Å². The van der Waals surface area contributed by atoms with Gasteiger partial charge in [-0.2, -0.15) is 0 Å². The average Bonchev–Trinajstić information content (AvgIpc) is 3.15. The number of likely N-dealkylation sites (tertiary alicyclic amines) is 1. The lowest BCUT2D eigenvalue weighted by Crippen LogP contribution is -2.43. The van der Waals surface area contributed by atoms with Crippen LogP contribution in [0.3, 0.4) is 0 Å². The van der Waals surface area contributed by atoms with Crippen molar-refractivity contribution in [2.75, 3.05) is 39.3 Å². The lowest BCUT2D eigenvalue weighted by Gasteiger charge is -2.27. The van der Waals surface area contributed by atoms with Crippen LogP contribution >= 0.6 is 0 Å². The van der Waals surface area contributed by atoms with E-state index < -0.39 is 0 Å². The quantitative estimate of drug-likeness (QED) is 0.577. The predicted molar refractivity (Wildman–Crippen MR) is 92.2 cm³/mol. The molecule has 5 heteroatoms. The van der Waals surface area contributed by atoms with Crippen molar-refractivity contribution in [2.45, 2.75) is 58.6 Å². The van der Waals surface area contributed by atoms with Crippen LogP contribution in [-0.2, 0) is 0 Å². The maximum Gasteiger partial charge on any atom is 0.193 e. The first-order chi connectivity index (χ1) is 10.7. The molecule has 0 amide bonds. The van der Waals surface area contributed by atoms with Crippen LogP contribution in [0.4, 0.5) is 0 Å². The van der Waals surface area contributed by atoms with Crippen molar-refractivity contribution in [2.24, 2.45) is 10.9 Å². The first-order valence-electron chi connectivity index (χ1n) is 9.14. The summed E-state index contributed by atoms with van der Waals surface area (Å²) >= 11 is 0. The topological polar surface area (TPSA) is 51.1 Å². The Morgan fingerprint density at radius 2 is 2.00 bits per heavy atom. The molecule has 2 rings (SSSR count). The molecule has 1 heterocycles. The van der Waals surface area contributed by atoms with Crippen molar-refractivity contribution in [3.8, 4) is 0 Å². The minimum atomic E-state index is -0.145. The Balaban J connectivity index is 1.93. The maximum absolute atomic E-state index is 9.97. The van der Waals surface area contributed by atoms with Gasteiger partial charge in [-0.05, 0) is 39.3 Å². The molecule has 0 aromatic carbocycles. The molecule has 1 aliphatic carbocycles. The zero-order valence-electron chi connectivity index (χ0n) is 14.6. The highest BCUT2D eigenvalue weighted by Gasteiger charge is 2.29. The van der Waals surface area contributed by atoms with Gasteiger partial charge in [-0.15, -0.1) is 0 Å². The number of nitrogens with zero attached hydrogens (tertiary/aromatic N) is 3. The summed E-state index contributed by atoms with van der Waals surface area (Å²) in [6.07, 6.45) is 4.29. The van der Waals surface area contributed by atoms with Crippen LogP contribution in [0, 0.1) is 5.92 Å². The molecule has 2 N–H and O–H groups in total. The number of nitrogens with one attached hydrogen (secondary N) is 1. The van der Waals surface area contributed by atoms with E-state index in [9.17, 15) is 5.11 Å². The van der Waals surface area contributed by atoms with Crippen LogP contribution < -0.4 is 5.32 Å². The van der Waals surface area contributed by atoms with E-state index in [2.05, 4.69) is 35.9 Å². The van der Waals surface area contributed by atoms with Crippen molar-refractivity contribution >= 4 is 5.96 Å². The SMILES string of the molecule is CCNC(=NCC1CCCC1O)N1CCC(N(CC)CC)C1. The average molecular weight is 310 g/mol. The molecule has 22 heavy (non-hydrogen) atoms. The summed E-state index contributed by atoms with van der Waals surface area (Å²) in [7, 11) is 0. The van der Waals surface area contributed by atoms with E-state index in [1.807, 2.05) is 0 Å². The van der Waals surface area contributed by atoms with Crippen LogP contribution in [0.1, 0.15) is 46.5 Å². The highest BCUT2D eigenvalue weighted by molar-refractivity contribution is 5.80. The number of likely N-dealkylation sites (N-methyl/N-ethyl adjacent to an activating group) is 1. The second kappa shape index (κ2) is 8.73. The summed E-state index contributed by atoms with van der Waals surface area (Å²) in [6, 6.07) is 0.649. The second-order valence-corrected chi connectivity index (χ2v) is 6.56. The van der Waals surface area contributed by atoms with Crippen molar-refractivity contribution in [1.29, 1.82) is 0 Å². The minimum absolute atomic E-state index is 0.145. The third kappa shape index (κ3) is 4.35. The van der Waals surface area contributed by atoms with Crippen molar-refractivity contribution in [3.05, 3.63) is 0 Å². The van der Waals surface area contributed by atoms with Crippen LogP contribution in [0.2, 0.25) is 0 Å². The van der Waals surface area contributed by atoms with Gasteiger partial charge in [0, 0.05) is 38.1 Å². The van der Waals surface area contributed by atoms with E-state index in [-0.39, 0.29) is 6.10 Å². The van der Waals surface area contributed by atoms with E-state index in [1.54, 1.807) is 0 Å². The lowest BCUT2D eigenvalue weighted by molar-refractivity contribution is 0.136. The summed E-state index contributed by atoms with van der Waals surface area (Å²) in [4.78, 5) is 9.77. The zero-order valence-corrected chi connectivity index (χ0v) is 14.6. The number of rotatable bonds is 6. The third-order valence-electron chi connectivity index (χ3n) is 5.22. The number of aliphatic hydroxyl groups is 1. The van der Waals surface area contributed by atoms with Crippen molar-refractivity contribution in [3.63, 3.8) is 0 Å². The van der Waals surface area contributed by atoms with Crippen LogP contribution in [0.25, 0.3) is 0 Å². The van der Waals surface area contributed by atoms with Crippen LogP contribution in [0.15, 0.2) is 4.99 Å². The fraction of sp³-hybridized carbons (Fsp3) is 0.941. The molecule has 0 spiro atoms. The molecular formula is C17H34N4O. The van der Waals surface area contributed by atoms with Crippen molar-refractivity contribution in [1.82, 2.24) is 15.1 Å². The van der Waals surface area contributed by atoms with Gasteiger partial charge in [-0.1, -0.05) is 20.3 Å². The molecule has 0 radical (unpaired) electrons. The Bertz CT molecular complexity index is 357. The highest BCUT2D eigenvalue weighted by Crippen LogP contribution is 2.25. The molecule has 5 nitrogen and oxygen atoms in total. The van der Waals surface area contributed by atoms with Gasteiger partial charge in [0.1, 0.15) is 0 Å². The summed E-state index contributed by atoms with van der Waals surface area (Å²) in [5.74, 6) is 1.39. The fourth-order valence-electron chi connectivity index (χ4n) is 3.83. The number of hydrogen-bond acceptors (Lipinski definition) is 3. The number of guanidine groups is 1. The molecule has 2 aliphatic rings. The summed E-state index contributed by atoms with van der Waals surface area (Å²) < 4.78 is 0. The maximum atomic E-state index is 9.97. The summed E-state index contributed by atoms with van der Waals surface area (Å²) in [5, 5.41) is 13.4. The summed E-state index contributed by atoms with van der Waals surface area (Å²) in [6.45, 7) is 12.7. The first-order valence-corrected chi connectivity index (χ1v) is 9.14. The van der Waals surface area contributed by atoms with Gasteiger partial charge in [-0.3, -0.25) is 9.89 Å². The molecular weight excluding hydrogens is 276 g/mol. The molecule has 128 valence electrons. The fourth-order valence-corrected chi connectivity index (χ4v) is 3.83. The van der Waals surface area contributed by atoms with Gasteiger partial charge in [0.15, 0.2) is 5.96 Å².